The van der Waals surface area contributed by atoms with Crippen molar-refractivity contribution in [3.05, 3.63) is 41.9 Å². The van der Waals surface area contributed by atoms with Gasteiger partial charge in [-0.3, -0.25) is 4.79 Å². The number of anilines is 1. The Bertz CT molecular complexity index is 1480. The van der Waals surface area contributed by atoms with Crippen LogP contribution in [0.4, 0.5) is 14.5 Å². The standard InChI is InChI=1S/C28H31F2N7O2/c1-26(2,30)22(29)14-34-25(38)20-13-32-23(37-24-19(12-35-37)4-18(10-31)11-33-24)5-21(20)36-27-6-16-3-17(7-27)9-28(39,8-16)15-27/h4-5,11-13,16-17,22,39H,3,6-9,14-15H2,1-2H3,(H,32,36)(H,34,38)/t16-,17?,22+,27?,28?/m0/s1. The van der Waals surface area contributed by atoms with Gasteiger partial charge in [-0.15, -0.1) is 0 Å². The van der Waals surface area contributed by atoms with Crippen LogP contribution in [0.2, 0.25) is 0 Å². The third-order valence-electron chi connectivity index (χ3n) is 8.51. The SMILES string of the molecule is CC(C)(F)[C@H](F)CNC(=O)c1cnc(-n2ncc3cc(C#N)cnc32)cc1NC12CC3C[C@H](CC(O)(C3)C1)C2. The highest BCUT2D eigenvalue weighted by molar-refractivity contribution is 5.99. The van der Waals surface area contributed by atoms with Crippen molar-refractivity contribution in [1.82, 2.24) is 25.1 Å². The topological polar surface area (TPSA) is 129 Å². The molecule has 3 aromatic rings. The molecule has 4 aliphatic carbocycles. The van der Waals surface area contributed by atoms with Gasteiger partial charge < -0.3 is 15.7 Å². The largest absolute Gasteiger partial charge is 0.390 e. The number of fused-ring (bicyclic) bond motifs is 1. The summed E-state index contributed by atoms with van der Waals surface area (Å²) in [5, 5.41) is 31.6. The Morgan fingerprint density at radius 2 is 1.97 bits per heavy atom. The molecule has 1 amide bonds. The minimum Gasteiger partial charge on any atom is -0.390 e. The van der Waals surface area contributed by atoms with E-state index in [2.05, 4.69) is 31.8 Å². The number of nitrogens with one attached hydrogen (secondary N) is 2. The Labute approximate surface area is 224 Å². The van der Waals surface area contributed by atoms with E-state index in [0.29, 0.717) is 46.4 Å². The lowest BCUT2D eigenvalue weighted by atomic mass is 9.51. The Balaban J connectivity index is 1.37. The summed E-state index contributed by atoms with van der Waals surface area (Å²) in [6.07, 6.45) is 7.63. The molecular formula is C28H31F2N7O2. The molecule has 9 nitrogen and oxygen atoms in total. The molecule has 0 saturated heterocycles. The van der Waals surface area contributed by atoms with Crippen LogP contribution in [0.25, 0.3) is 16.9 Å². The van der Waals surface area contributed by atoms with E-state index in [1.54, 1.807) is 18.3 Å². The van der Waals surface area contributed by atoms with Crippen LogP contribution >= 0.6 is 0 Å². The van der Waals surface area contributed by atoms with Gasteiger partial charge in [-0.2, -0.15) is 15.0 Å². The number of pyridine rings is 2. The normalized spacial score (nSPS) is 28.3. The van der Waals surface area contributed by atoms with Crippen LogP contribution in [0.15, 0.2) is 30.7 Å². The molecule has 3 N–H and O–H groups in total. The van der Waals surface area contributed by atoms with Crippen LogP contribution in [0, 0.1) is 23.2 Å². The number of aromatic nitrogens is 4. The van der Waals surface area contributed by atoms with Crippen molar-refractivity contribution in [3.8, 4) is 11.9 Å². The lowest BCUT2D eigenvalue weighted by molar-refractivity contribution is -0.127. The number of nitrogens with zero attached hydrogens (tertiary/aromatic N) is 5. The lowest BCUT2D eigenvalue weighted by Crippen LogP contribution is -2.62. The highest BCUT2D eigenvalue weighted by atomic mass is 19.2. The molecule has 39 heavy (non-hydrogen) atoms. The van der Waals surface area contributed by atoms with Crippen LogP contribution in [0.3, 0.4) is 0 Å². The summed E-state index contributed by atoms with van der Waals surface area (Å²) in [6.45, 7) is 1.79. The second-order valence-electron chi connectivity index (χ2n) is 12.2. The van der Waals surface area contributed by atoms with Crippen molar-refractivity contribution in [2.24, 2.45) is 11.8 Å². The fourth-order valence-corrected chi connectivity index (χ4v) is 7.16. The molecule has 0 radical (unpaired) electrons. The summed E-state index contributed by atoms with van der Waals surface area (Å²) in [5.74, 6) is 0.650. The first kappa shape index (κ1) is 25.6. The van der Waals surface area contributed by atoms with Gasteiger partial charge in [-0.05, 0) is 70.3 Å². The Morgan fingerprint density at radius 3 is 2.64 bits per heavy atom. The van der Waals surface area contributed by atoms with E-state index >= 15 is 0 Å². The van der Waals surface area contributed by atoms with Crippen molar-refractivity contribution >= 4 is 22.6 Å². The van der Waals surface area contributed by atoms with Gasteiger partial charge in [0.1, 0.15) is 11.7 Å². The Hall–Kier alpha value is -3.65. The number of hydrogen-bond acceptors (Lipinski definition) is 7. The van der Waals surface area contributed by atoms with E-state index < -0.39 is 29.9 Å². The summed E-state index contributed by atoms with van der Waals surface area (Å²) < 4.78 is 29.8. The number of rotatable bonds is 7. The molecule has 4 bridgehead atoms. The molecule has 4 fully saturated rings. The zero-order valence-electron chi connectivity index (χ0n) is 21.9. The van der Waals surface area contributed by atoms with Gasteiger partial charge in [0.25, 0.3) is 5.91 Å². The zero-order valence-corrected chi connectivity index (χ0v) is 21.9. The maximum absolute atomic E-state index is 14.3. The Kier molecular flexibility index (Phi) is 5.88. The fourth-order valence-electron chi connectivity index (χ4n) is 7.16. The van der Waals surface area contributed by atoms with Gasteiger partial charge in [0.2, 0.25) is 0 Å². The molecular weight excluding hydrogens is 504 g/mol. The molecule has 3 heterocycles. The molecule has 5 atom stereocenters. The smallest absolute Gasteiger partial charge is 0.255 e. The van der Waals surface area contributed by atoms with Crippen LogP contribution in [-0.4, -0.2) is 60.3 Å². The van der Waals surface area contributed by atoms with E-state index in [1.807, 2.05) is 0 Å². The number of amides is 1. The number of hydrogen-bond donors (Lipinski definition) is 3. The second kappa shape index (κ2) is 8.95. The van der Waals surface area contributed by atoms with Gasteiger partial charge in [0.05, 0.1) is 35.2 Å². The molecule has 4 saturated carbocycles. The van der Waals surface area contributed by atoms with Crippen molar-refractivity contribution in [2.75, 3.05) is 11.9 Å². The van der Waals surface area contributed by atoms with Crippen molar-refractivity contribution < 1.29 is 18.7 Å². The van der Waals surface area contributed by atoms with E-state index in [9.17, 15) is 23.9 Å². The number of carbonyl (C=O) groups is 1. The average molecular weight is 536 g/mol. The molecule has 11 heteroatoms. The van der Waals surface area contributed by atoms with E-state index in [0.717, 1.165) is 46.0 Å². The van der Waals surface area contributed by atoms with Crippen LogP contribution in [0.5, 0.6) is 0 Å². The predicted octanol–water partition coefficient (Wildman–Crippen LogP) is 4.00. The van der Waals surface area contributed by atoms with Gasteiger partial charge in [0.15, 0.2) is 17.6 Å². The fraction of sp³-hybridized carbons (Fsp3) is 0.536. The van der Waals surface area contributed by atoms with Gasteiger partial charge in [0, 0.05) is 29.4 Å². The number of alkyl halides is 2. The summed E-state index contributed by atoms with van der Waals surface area (Å²) in [5.41, 5.74) is -1.61. The number of aliphatic hydroxyl groups is 1. The molecule has 3 unspecified atom stereocenters. The third kappa shape index (κ3) is 4.71. The lowest BCUT2D eigenvalue weighted by Gasteiger charge is -2.60. The highest BCUT2D eigenvalue weighted by Crippen LogP contribution is 2.58. The summed E-state index contributed by atoms with van der Waals surface area (Å²) >= 11 is 0. The van der Waals surface area contributed by atoms with E-state index in [4.69, 9.17) is 0 Å². The van der Waals surface area contributed by atoms with E-state index in [1.165, 1.54) is 17.1 Å². The average Bonchev–Trinajstić information content (AvgIpc) is 3.28. The molecule has 7 rings (SSSR count). The summed E-state index contributed by atoms with van der Waals surface area (Å²) in [7, 11) is 0. The highest BCUT2D eigenvalue weighted by Gasteiger charge is 2.57. The molecule has 0 aromatic carbocycles. The molecule has 0 spiro atoms. The van der Waals surface area contributed by atoms with Gasteiger partial charge >= 0.3 is 0 Å². The van der Waals surface area contributed by atoms with Crippen molar-refractivity contribution in [3.63, 3.8) is 0 Å². The van der Waals surface area contributed by atoms with Crippen LogP contribution in [-0.2, 0) is 0 Å². The number of nitriles is 1. The van der Waals surface area contributed by atoms with Crippen LogP contribution in [0.1, 0.15) is 68.3 Å². The van der Waals surface area contributed by atoms with E-state index in [-0.39, 0.29) is 11.1 Å². The molecule has 0 aliphatic heterocycles. The first-order valence-electron chi connectivity index (χ1n) is 13.3. The van der Waals surface area contributed by atoms with Crippen molar-refractivity contribution in [1.29, 1.82) is 5.26 Å². The number of halogens is 2. The monoisotopic (exact) mass is 535 g/mol. The summed E-state index contributed by atoms with van der Waals surface area (Å²) in [4.78, 5) is 22.1. The van der Waals surface area contributed by atoms with Crippen LogP contribution < -0.4 is 10.6 Å². The molecule has 4 aliphatic rings. The van der Waals surface area contributed by atoms with Gasteiger partial charge in [-0.1, -0.05) is 0 Å². The van der Waals surface area contributed by atoms with Gasteiger partial charge in [-0.25, -0.2) is 18.7 Å². The Morgan fingerprint density at radius 1 is 1.23 bits per heavy atom. The zero-order chi connectivity index (χ0) is 27.6. The maximum Gasteiger partial charge on any atom is 0.255 e. The quantitative estimate of drug-likeness (QED) is 0.417. The first-order chi connectivity index (χ1) is 18.5. The molecule has 3 aromatic heterocycles. The second-order valence-corrected chi connectivity index (χ2v) is 12.2. The summed E-state index contributed by atoms with van der Waals surface area (Å²) in [6, 6.07) is 5.45. The first-order valence-corrected chi connectivity index (χ1v) is 13.3. The molecule has 204 valence electrons. The minimum absolute atomic E-state index is 0.196. The third-order valence-corrected chi connectivity index (χ3v) is 8.51. The maximum atomic E-state index is 14.3. The number of carbonyl (C=O) groups excluding carboxylic acids is 1. The predicted molar refractivity (Wildman–Crippen MR) is 140 cm³/mol. The van der Waals surface area contributed by atoms with Crippen molar-refractivity contribution in [2.45, 2.75) is 75.4 Å². The minimum atomic E-state index is -2.09.